The van der Waals surface area contributed by atoms with E-state index in [4.69, 9.17) is 0 Å². The van der Waals surface area contributed by atoms with Crippen LogP contribution in [0.5, 0.6) is 0 Å². The van der Waals surface area contributed by atoms with Crippen molar-refractivity contribution >= 4 is 0 Å². The zero-order valence-corrected chi connectivity index (χ0v) is 11.0. The third kappa shape index (κ3) is 3.81. The van der Waals surface area contributed by atoms with Crippen molar-refractivity contribution in [3.05, 3.63) is 30.1 Å². The van der Waals surface area contributed by atoms with E-state index in [0.29, 0.717) is 12.0 Å². The number of hydrogen-bond acceptors (Lipinski definition) is 2. The fourth-order valence-corrected chi connectivity index (χ4v) is 2.41. The van der Waals surface area contributed by atoms with Crippen LogP contribution < -0.4 is 5.32 Å². The monoisotopic (exact) mass is 232 g/mol. The van der Waals surface area contributed by atoms with Gasteiger partial charge in [-0.15, -0.1) is 0 Å². The third-order valence-corrected chi connectivity index (χ3v) is 3.78. The topological polar surface area (TPSA) is 24.9 Å². The molecule has 2 atom stereocenters. The highest BCUT2D eigenvalue weighted by molar-refractivity contribution is 5.17. The quantitative estimate of drug-likeness (QED) is 0.780. The van der Waals surface area contributed by atoms with Crippen LogP contribution in [-0.2, 0) is 0 Å². The normalized spacial score (nSPS) is 18.9. The lowest BCUT2D eigenvalue weighted by Crippen LogP contribution is -2.34. The van der Waals surface area contributed by atoms with Gasteiger partial charge in [0.2, 0.25) is 0 Å². The van der Waals surface area contributed by atoms with Gasteiger partial charge >= 0.3 is 0 Å². The molecule has 0 bridgehead atoms. The summed E-state index contributed by atoms with van der Waals surface area (Å²) in [6.45, 7) is 5.70. The van der Waals surface area contributed by atoms with E-state index in [0.717, 1.165) is 12.5 Å². The lowest BCUT2D eigenvalue weighted by molar-refractivity contribution is 0.406. The van der Waals surface area contributed by atoms with Crippen molar-refractivity contribution in [1.82, 2.24) is 10.3 Å². The van der Waals surface area contributed by atoms with Gasteiger partial charge in [-0.2, -0.15) is 0 Å². The molecule has 1 aliphatic rings. The van der Waals surface area contributed by atoms with Gasteiger partial charge in [0.05, 0.1) is 0 Å². The van der Waals surface area contributed by atoms with Crippen LogP contribution in [0.25, 0.3) is 0 Å². The van der Waals surface area contributed by atoms with Crippen LogP contribution in [0.15, 0.2) is 24.5 Å². The Bertz CT molecular complexity index is 319. The summed E-state index contributed by atoms with van der Waals surface area (Å²) in [6.07, 6.45) is 9.23. The highest BCUT2D eigenvalue weighted by atomic mass is 14.9. The summed E-state index contributed by atoms with van der Waals surface area (Å²) >= 11 is 0. The summed E-state index contributed by atoms with van der Waals surface area (Å²) < 4.78 is 0. The van der Waals surface area contributed by atoms with E-state index in [-0.39, 0.29) is 0 Å². The predicted molar refractivity (Wildman–Crippen MR) is 72.1 cm³/mol. The fraction of sp³-hybridized carbons (Fsp3) is 0.667. The van der Waals surface area contributed by atoms with E-state index in [1.807, 2.05) is 12.4 Å². The Labute approximate surface area is 105 Å². The second-order valence-corrected chi connectivity index (χ2v) is 5.31. The van der Waals surface area contributed by atoms with Crippen molar-refractivity contribution in [3.8, 4) is 0 Å². The minimum Gasteiger partial charge on any atom is -0.313 e. The van der Waals surface area contributed by atoms with E-state index >= 15 is 0 Å². The standard InChI is InChI=1S/C15H24N2/c1-3-8-17-15(11-13-4-5-13)12(2)14-6-9-16-10-7-14/h6-7,9-10,12-13,15,17H,3-5,8,11H2,1-2H3. The Morgan fingerprint density at radius 1 is 1.35 bits per heavy atom. The summed E-state index contributed by atoms with van der Waals surface area (Å²) in [7, 11) is 0. The van der Waals surface area contributed by atoms with Crippen molar-refractivity contribution in [2.24, 2.45) is 5.92 Å². The van der Waals surface area contributed by atoms with Crippen molar-refractivity contribution in [3.63, 3.8) is 0 Å². The van der Waals surface area contributed by atoms with Gasteiger partial charge in [-0.05, 0) is 48.9 Å². The molecule has 2 nitrogen and oxygen atoms in total. The minimum atomic E-state index is 0.588. The molecular formula is C15H24N2. The molecule has 2 unspecified atom stereocenters. The summed E-state index contributed by atoms with van der Waals surface area (Å²) in [4.78, 5) is 4.10. The summed E-state index contributed by atoms with van der Waals surface area (Å²) in [5, 5.41) is 3.72. The second kappa shape index (κ2) is 6.15. The van der Waals surface area contributed by atoms with Gasteiger partial charge in [0.25, 0.3) is 0 Å². The highest BCUT2D eigenvalue weighted by Gasteiger charge is 2.28. The smallest absolute Gasteiger partial charge is 0.0270 e. The molecule has 0 aromatic carbocycles. The molecule has 0 radical (unpaired) electrons. The summed E-state index contributed by atoms with van der Waals surface area (Å²) in [5.74, 6) is 1.57. The molecule has 2 rings (SSSR count). The number of pyridine rings is 1. The molecule has 17 heavy (non-hydrogen) atoms. The largest absolute Gasteiger partial charge is 0.313 e. The van der Waals surface area contributed by atoms with Gasteiger partial charge in [0.1, 0.15) is 0 Å². The van der Waals surface area contributed by atoms with Gasteiger partial charge in [-0.25, -0.2) is 0 Å². The average Bonchev–Trinajstić information content (AvgIpc) is 3.18. The molecule has 1 aliphatic carbocycles. The van der Waals surface area contributed by atoms with Gasteiger partial charge in [-0.1, -0.05) is 26.7 Å². The predicted octanol–water partition coefficient (Wildman–Crippen LogP) is 3.35. The molecule has 0 spiro atoms. The number of rotatable bonds is 7. The maximum atomic E-state index is 4.10. The van der Waals surface area contributed by atoms with Crippen LogP contribution in [0.3, 0.4) is 0 Å². The van der Waals surface area contributed by atoms with Crippen LogP contribution >= 0.6 is 0 Å². The number of aromatic nitrogens is 1. The molecule has 1 heterocycles. The molecule has 0 aliphatic heterocycles. The zero-order chi connectivity index (χ0) is 12.1. The summed E-state index contributed by atoms with van der Waals surface area (Å²) in [6, 6.07) is 4.93. The second-order valence-electron chi connectivity index (χ2n) is 5.31. The first-order valence-electron chi connectivity index (χ1n) is 6.94. The van der Waals surface area contributed by atoms with E-state index in [2.05, 4.69) is 36.3 Å². The number of hydrogen-bond donors (Lipinski definition) is 1. The SMILES string of the molecule is CCCNC(CC1CC1)C(C)c1ccncc1. The molecule has 1 N–H and O–H groups in total. The number of nitrogens with one attached hydrogen (secondary N) is 1. The Balaban J connectivity index is 1.97. The highest BCUT2D eigenvalue weighted by Crippen LogP contribution is 2.36. The Kier molecular flexibility index (Phi) is 4.55. The third-order valence-electron chi connectivity index (χ3n) is 3.78. The van der Waals surface area contributed by atoms with Crippen LogP contribution in [0, 0.1) is 5.92 Å². The molecule has 1 saturated carbocycles. The Morgan fingerprint density at radius 3 is 2.65 bits per heavy atom. The zero-order valence-electron chi connectivity index (χ0n) is 11.0. The van der Waals surface area contributed by atoms with E-state index in [1.54, 1.807) is 0 Å². The first kappa shape index (κ1) is 12.6. The fourth-order valence-electron chi connectivity index (χ4n) is 2.41. The molecule has 0 amide bonds. The van der Waals surface area contributed by atoms with Gasteiger partial charge < -0.3 is 5.32 Å². The lowest BCUT2D eigenvalue weighted by atomic mass is 9.90. The van der Waals surface area contributed by atoms with Crippen molar-refractivity contribution in [1.29, 1.82) is 0 Å². The van der Waals surface area contributed by atoms with E-state index < -0.39 is 0 Å². The maximum absolute atomic E-state index is 4.10. The molecular weight excluding hydrogens is 208 g/mol. The molecule has 1 aromatic rings. The van der Waals surface area contributed by atoms with Crippen LogP contribution in [0.4, 0.5) is 0 Å². The molecule has 1 aromatic heterocycles. The molecule has 94 valence electrons. The van der Waals surface area contributed by atoms with Crippen LogP contribution in [0.2, 0.25) is 0 Å². The molecule has 2 heteroatoms. The lowest BCUT2D eigenvalue weighted by Gasteiger charge is -2.25. The first-order chi connectivity index (χ1) is 8.31. The van der Waals surface area contributed by atoms with E-state index in [9.17, 15) is 0 Å². The van der Waals surface area contributed by atoms with Gasteiger partial charge in [-0.3, -0.25) is 4.98 Å². The average molecular weight is 232 g/mol. The first-order valence-corrected chi connectivity index (χ1v) is 6.94. The van der Waals surface area contributed by atoms with Crippen LogP contribution in [0.1, 0.15) is 51.0 Å². The van der Waals surface area contributed by atoms with E-state index in [1.165, 1.54) is 31.2 Å². The molecule has 0 saturated heterocycles. The van der Waals surface area contributed by atoms with Crippen molar-refractivity contribution in [2.45, 2.75) is 51.5 Å². The maximum Gasteiger partial charge on any atom is 0.0270 e. The van der Waals surface area contributed by atoms with Crippen LogP contribution in [-0.4, -0.2) is 17.6 Å². The Morgan fingerprint density at radius 2 is 2.06 bits per heavy atom. The van der Waals surface area contributed by atoms with Crippen molar-refractivity contribution in [2.75, 3.05) is 6.54 Å². The minimum absolute atomic E-state index is 0.588. The van der Waals surface area contributed by atoms with Gasteiger partial charge in [0.15, 0.2) is 0 Å². The van der Waals surface area contributed by atoms with Crippen molar-refractivity contribution < 1.29 is 0 Å². The number of nitrogens with zero attached hydrogens (tertiary/aromatic N) is 1. The van der Waals surface area contributed by atoms with Gasteiger partial charge in [0, 0.05) is 18.4 Å². The molecule has 1 fully saturated rings. The summed E-state index contributed by atoms with van der Waals surface area (Å²) in [5.41, 5.74) is 1.41. The Hall–Kier alpha value is -0.890.